The summed E-state index contributed by atoms with van der Waals surface area (Å²) in [6.07, 6.45) is 8.26. The molecule has 1 saturated carbocycles. The standard InChI is InChI=1S/C14H29N3O/c1-3-17(4-2)14(15)16-11-12-18-13-9-7-5-6-8-10-13/h13H,3-12H2,1-2H3,(H2,15,16). The zero-order valence-corrected chi connectivity index (χ0v) is 12.0. The fourth-order valence-electron chi connectivity index (χ4n) is 2.44. The van der Waals surface area contributed by atoms with E-state index in [1.165, 1.54) is 38.5 Å². The first kappa shape index (κ1) is 15.3. The van der Waals surface area contributed by atoms with Crippen LogP contribution in [0.3, 0.4) is 0 Å². The normalized spacial score (nSPS) is 18.7. The Kier molecular flexibility index (Phi) is 7.81. The second-order valence-electron chi connectivity index (χ2n) is 4.90. The van der Waals surface area contributed by atoms with Gasteiger partial charge < -0.3 is 15.4 Å². The number of hydrogen-bond acceptors (Lipinski definition) is 2. The van der Waals surface area contributed by atoms with Gasteiger partial charge in [0.1, 0.15) is 0 Å². The Morgan fingerprint density at radius 2 is 1.78 bits per heavy atom. The van der Waals surface area contributed by atoms with Crippen LogP contribution in [0.2, 0.25) is 0 Å². The van der Waals surface area contributed by atoms with Gasteiger partial charge in [0.25, 0.3) is 0 Å². The molecular formula is C14H29N3O. The van der Waals surface area contributed by atoms with Gasteiger partial charge in [-0.3, -0.25) is 4.99 Å². The molecule has 4 heteroatoms. The molecule has 0 amide bonds. The third-order valence-corrected chi connectivity index (χ3v) is 3.61. The predicted octanol–water partition coefficient (Wildman–Crippen LogP) is 2.38. The molecule has 0 atom stereocenters. The molecule has 0 aromatic heterocycles. The van der Waals surface area contributed by atoms with Crippen LogP contribution in [0.15, 0.2) is 4.99 Å². The Labute approximate surface area is 112 Å². The average molecular weight is 255 g/mol. The van der Waals surface area contributed by atoms with Gasteiger partial charge in [0.2, 0.25) is 0 Å². The van der Waals surface area contributed by atoms with E-state index in [0.29, 0.717) is 25.2 Å². The molecule has 0 bridgehead atoms. The number of nitrogens with zero attached hydrogens (tertiary/aromatic N) is 2. The summed E-state index contributed by atoms with van der Waals surface area (Å²) in [5, 5.41) is 0. The fraction of sp³-hybridized carbons (Fsp3) is 0.929. The summed E-state index contributed by atoms with van der Waals surface area (Å²) in [4.78, 5) is 6.43. The predicted molar refractivity (Wildman–Crippen MR) is 76.9 cm³/mol. The van der Waals surface area contributed by atoms with Gasteiger partial charge in [0.05, 0.1) is 19.3 Å². The molecule has 1 rings (SSSR count). The van der Waals surface area contributed by atoms with Crippen LogP contribution in [0.4, 0.5) is 0 Å². The van der Waals surface area contributed by atoms with E-state index in [4.69, 9.17) is 10.5 Å². The highest BCUT2D eigenvalue weighted by atomic mass is 16.5. The van der Waals surface area contributed by atoms with E-state index in [0.717, 1.165) is 13.1 Å². The molecule has 1 aliphatic carbocycles. The fourth-order valence-corrected chi connectivity index (χ4v) is 2.44. The van der Waals surface area contributed by atoms with Gasteiger partial charge in [-0.25, -0.2) is 0 Å². The van der Waals surface area contributed by atoms with Gasteiger partial charge in [0, 0.05) is 13.1 Å². The number of ether oxygens (including phenoxy) is 1. The summed E-state index contributed by atoms with van der Waals surface area (Å²) in [5.41, 5.74) is 5.90. The molecule has 1 aliphatic rings. The zero-order valence-electron chi connectivity index (χ0n) is 12.0. The van der Waals surface area contributed by atoms with Crippen LogP contribution < -0.4 is 5.73 Å². The summed E-state index contributed by atoms with van der Waals surface area (Å²) in [6, 6.07) is 0. The molecule has 0 unspecified atom stereocenters. The second kappa shape index (κ2) is 9.20. The summed E-state index contributed by atoms with van der Waals surface area (Å²) < 4.78 is 5.88. The molecule has 0 aromatic carbocycles. The van der Waals surface area contributed by atoms with Gasteiger partial charge in [0.15, 0.2) is 5.96 Å². The Bertz CT molecular complexity index is 231. The number of rotatable bonds is 6. The highest BCUT2D eigenvalue weighted by Gasteiger charge is 2.11. The van der Waals surface area contributed by atoms with Crippen LogP contribution in [-0.2, 0) is 4.74 Å². The minimum atomic E-state index is 0.456. The van der Waals surface area contributed by atoms with Crippen molar-refractivity contribution in [2.45, 2.75) is 58.5 Å². The van der Waals surface area contributed by atoms with E-state index < -0.39 is 0 Å². The minimum Gasteiger partial charge on any atom is -0.376 e. The molecule has 0 spiro atoms. The van der Waals surface area contributed by atoms with E-state index >= 15 is 0 Å². The zero-order chi connectivity index (χ0) is 13.2. The number of guanidine groups is 1. The number of nitrogens with two attached hydrogens (primary N) is 1. The summed E-state index contributed by atoms with van der Waals surface area (Å²) in [7, 11) is 0. The molecule has 18 heavy (non-hydrogen) atoms. The van der Waals surface area contributed by atoms with E-state index in [2.05, 4.69) is 23.7 Å². The topological polar surface area (TPSA) is 50.8 Å². The maximum Gasteiger partial charge on any atom is 0.191 e. The monoisotopic (exact) mass is 255 g/mol. The van der Waals surface area contributed by atoms with Crippen molar-refractivity contribution in [2.24, 2.45) is 10.7 Å². The summed E-state index contributed by atoms with van der Waals surface area (Å²) in [5.74, 6) is 0.643. The van der Waals surface area contributed by atoms with Crippen LogP contribution in [0.1, 0.15) is 52.4 Å². The molecule has 0 aromatic rings. The average Bonchev–Trinajstić information content (AvgIpc) is 2.65. The Balaban J connectivity index is 2.18. The van der Waals surface area contributed by atoms with Crippen molar-refractivity contribution in [1.29, 1.82) is 0 Å². The number of aliphatic imine (C=N–C) groups is 1. The van der Waals surface area contributed by atoms with Crippen LogP contribution >= 0.6 is 0 Å². The van der Waals surface area contributed by atoms with E-state index in [1.807, 2.05) is 0 Å². The van der Waals surface area contributed by atoms with Gasteiger partial charge in [-0.2, -0.15) is 0 Å². The molecule has 2 N–H and O–H groups in total. The van der Waals surface area contributed by atoms with Crippen LogP contribution in [0.5, 0.6) is 0 Å². The lowest BCUT2D eigenvalue weighted by Gasteiger charge is -2.19. The summed E-state index contributed by atoms with van der Waals surface area (Å²) in [6.45, 7) is 7.39. The van der Waals surface area contributed by atoms with Crippen molar-refractivity contribution in [2.75, 3.05) is 26.2 Å². The first-order chi connectivity index (χ1) is 8.77. The Hall–Kier alpha value is -0.770. The maximum atomic E-state index is 5.90. The molecule has 0 heterocycles. The van der Waals surface area contributed by atoms with Crippen LogP contribution in [0, 0.1) is 0 Å². The SMILES string of the molecule is CCN(CC)C(N)=NCCOC1CCCCCC1. The molecule has 1 fully saturated rings. The molecule has 0 radical (unpaired) electrons. The largest absolute Gasteiger partial charge is 0.376 e. The third-order valence-electron chi connectivity index (χ3n) is 3.61. The smallest absolute Gasteiger partial charge is 0.191 e. The summed E-state index contributed by atoms with van der Waals surface area (Å²) >= 11 is 0. The maximum absolute atomic E-state index is 5.90. The quantitative estimate of drug-likeness (QED) is 0.343. The molecule has 0 saturated heterocycles. The van der Waals surface area contributed by atoms with Gasteiger partial charge in [-0.15, -0.1) is 0 Å². The van der Waals surface area contributed by atoms with Gasteiger partial charge >= 0.3 is 0 Å². The second-order valence-corrected chi connectivity index (χ2v) is 4.90. The van der Waals surface area contributed by atoms with Crippen molar-refractivity contribution < 1.29 is 4.74 Å². The van der Waals surface area contributed by atoms with Crippen LogP contribution in [0.25, 0.3) is 0 Å². The molecule has 4 nitrogen and oxygen atoms in total. The van der Waals surface area contributed by atoms with Crippen molar-refractivity contribution in [3.05, 3.63) is 0 Å². The highest BCUT2D eigenvalue weighted by Crippen LogP contribution is 2.19. The number of hydrogen-bond donors (Lipinski definition) is 1. The van der Waals surface area contributed by atoms with Gasteiger partial charge in [-0.1, -0.05) is 25.7 Å². The highest BCUT2D eigenvalue weighted by molar-refractivity contribution is 5.77. The molecule has 106 valence electrons. The lowest BCUT2D eigenvalue weighted by molar-refractivity contribution is 0.0486. The van der Waals surface area contributed by atoms with E-state index in [1.54, 1.807) is 0 Å². The van der Waals surface area contributed by atoms with Crippen molar-refractivity contribution in [1.82, 2.24) is 4.90 Å². The van der Waals surface area contributed by atoms with Gasteiger partial charge in [-0.05, 0) is 26.7 Å². The minimum absolute atomic E-state index is 0.456. The Morgan fingerprint density at radius 3 is 2.33 bits per heavy atom. The van der Waals surface area contributed by atoms with E-state index in [-0.39, 0.29) is 0 Å². The first-order valence-corrected chi connectivity index (χ1v) is 7.44. The molecule has 0 aliphatic heterocycles. The lowest BCUT2D eigenvalue weighted by atomic mass is 10.1. The van der Waals surface area contributed by atoms with Crippen molar-refractivity contribution >= 4 is 5.96 Å². The lowest BCUT2D eigenvalue weighted by Crippen LogP contribution is -2.37. The van der Waals surface area contributed by atoms with Crippen molar-refractivity contribution in [3.63, 3.8) is 0 Å². The van der Waals surface area contributed by atoms with E-state index in [9.17, 15) is 0 Å². The van der Waals surface area contributed by atoms with Crippen molar-refractivity contribution in [3.8, 4) is 0 Å². The Morgan fingerprint density at radius 1 is 1.17 bits per heavy atom. The first-order valence-electron chi connectivity index (χ1n) is 7.44. The molecular weight excluding hydrogens is 226 g/mol. The van der Waals surface area contributed by atoms with Crippen LogP contribution in [-0.4, -0.2) is 43.2 Å². The third kappa shape index (κ3) is 5.71.